The number of carbonyl (C=O) groups is 1. The van der Waals surface area contributed by atoms with Gasteiger partial charge in [-0.3, -0.25) is 4.79 Å². The monoisotopic (exact) mass is 458 g/mol. The van der Waals surface area contributed by atoms with E-state index in [0.717, 1.165) is 28.3 Å². The quantitative estimate of drug-likeness (QED) is 0.265. The Morgan fingerprint density at radius 1 is 1.09 bits per heavy atom. The maximum atomic E-state index is 12.4. The number of carbonyl (C=O) groups excluding carboxylic acids is 1. The first-order valence-electron chi connectivity index (χ1n) is 10.4. The van der Waals surface area contributed by atoms with Crippen molar-refractivity contribution in [2.24, 2.45) is 0 Å². The van der Waals surface area contributed by atoms with E-state index in [1.807, 2.05) is 54.7 Å². The summed E-state index contributed by atoms with van der Waals surface area (Å²) in [5, 5.41) is 12.4. The lowest BCUT2D eigenvalue weighted by atomic mass is 10.1. The fraction of sp³-hybridized carbons (Fsp3) is 0.115. The lowest BCUT2D eigenvalue weighted by Crippen LogP contribution is -2.01. The summed E-state index contributed by atoms with van der Waals surface area (Å²) in [6.45, 7) is 1.15. The second-order valence-electron chi connectivity index (χ2n) is 7.44. The van der Waals surface area contributed by atoms with Gasteiger partial charge in [0.05, 0.1) is 26.4 Å². The van der Waals surface area contributed by atoms with Crippen molar-refractivity contribution in [2.45, 2.75) is 13.1 Å². The predicted molar refractivity (Wildman–Crippen MR) is 131 cm³/mol. The number of allylic oxidation sites excluding steroid dienone is 1. The highest BCUT2D eigenvalue weighted by Crippen LogP contribution is 2.15. The second-order valence-corrected chi connectivity index (χ2v) is 7.88. The molecule has 0 spiro atoms. The molecule has 0 fully saturated rings. The van der Waals surface area contributed by atoms with Gasteiger partial charge in [0.25, 0.3) is 0 Å². The molecule has 0 amide bonds. The van der Waals surface area contributed by atoms with E-state index in [2.05, 4.69) is 15.6 Å². The lowest BCUT2D eigenvalue weighted by molar-refractivity contribution is 0.104. The zero-order valence-corrected chi connectivity index (χ0v) is 18.9. The Bertz CT molecular complexity index is 1250. The van der Waals surface area contributed by atoms with E-state index in [1.165, 1.54) is 0 Å². The molecule has 0 saturated carbocycles. The van der Waals surface area contributed by atoms with Crippen LogP contribution in [0.15, 0.2) is 85.1 Å². The molecule has 0 aliphatic heterocycles. The van der Waals surface area contributed by atoms with Crippen LogP contribution in [0.4, 0.5) is 5.69 Å². The molecule has 1 heterocycles. The molecule has 0 unspecified atom stereocenters. The Morgan fingerprint density at radius 3 is 2.64 bits per heavy atom. The van der Waals surface area contributed by atoms with Gasteiger partial charge in [0.15, 0.2) is 5.78 Å². The minimum Gasteiger partial charge on any atom is -0.497 e. The molecule has 1 aromatic heterocycles. The molecular formula is C26H23ClN4O2. The van der Waals surface area contributed by atoms with Crippen molar-refractivity contribution in [1.82, 2.24) is 15.0 Å². The van der Waals surface area contributed by atoms with Gasteiger partial charge < -0.3 is 10.1 Å². The minimum atomic E-state index is -0.0583. The molecule has 7 heteroatoms. The van der Waals surface area contributed by atoms with Crippen molar-refractivity contribution < 1.29 is 9.53 Å². The average molecular weight is 459 g/mol. The molecule has 0 radical (unpaired) electrons. The summed E-state index contributed by atoms with van der Waals surface area (Å²) in [7, 11) is 1.65. The standard InChI is InChI=1S/C26H23ClN4O2/c1-33-25-4-2-3-20(15-25)17-31-18-24(29-30-31)16-28-23-12-8-21(9-13-23)26(32)14-7-19-5-10-22(27)11-6-19/h2-15,18,28H,16-17H2,1H3/b14-7+. The van der Waals surface area contributed by atoms with E-state index in [4.69, 9.17) is 16.3 Å². The van der Waals surface area contributed by atoms with E-state index < -0.39 is 0 Å². The van der Waals surface area contributed by atoms with Gasteiger partial charge in [-0.15, -0.1) is 5.10 Å². The smallest absolute Gasteiger partial charge is 0.185 e. The van der Waals surface area contributed by atoms with Crippen LogP contribution in [0.1, 0.15) is 27.2 Å². The third kappa shape index (κ3) is 6.30. The number of methoxy groups -OCH3 is 1. The van der Waals surface area contributed by atoms with E-state index >= 15 is 0 Å². The van der Waals surface area contributed by atoms with Crippen molar-refractivity contribution in [3.05, 3.63) is 112 Å². The zero-order chi connectivity index (χ0) is 23.0. The number of rotatable bonds is 9. The number of benzene rings is 3. The summed E-state index contributed by atoms with van der Waals surface area (Å²) in [6, 6.07) is 22.6. The van der Waals surface area contributed by atoms with Crippen LogP contribution in [0.5, 0.6) is 5.75 Å². The van der Waals surface area contributed by atoms with Crippen molar-refractivity contribution in [2.75, 3.05) is 12.4 Å². The zero-order valence-electron chi connectivity index (χ0n) is 18.1. The van der Waals surface area contributed by atoms with Gasteiger partial charge >= 0.3 is 0 Å². The number of ether oxygens (including phenoxy) is 1. The van der Waals surface area contributed by atoms with Gasteiger partial charge in [-0.1, -0.05) is 47.2 Å². The predicted octanol–water partition coefficient (Wildman–Crippen LogP) is 5.50. The Balaban J connectivity index is 1.30. The molecule has 33 heavy (non-hydrogen) atoms. The topological polar surface area (TPSA) is 69.0 Å². The van der Waals surface area contributed by atoms with Gasteiger partial charge in [0.2, 0.25) is 0 Å². The fourth-order valence-corrected chi connectivity index (χ4v) is 3.37. The molecule has 0 atom stereocenters. The highest BCUT2D eigenvalue weighted by atomic mass is 35.5. The molecule has 4 rings (SSSR count). The van der Waals surface area contributed by atoms with Crippen molar-refractivity contribution in [3.8, 4) is 5.75 Å². The number of ketones is 1. The molecule has 6 nitrogen and oxygen atoms in total. The maximum absolute atomic E-state index is 12.4. The summed E-state index contributed by atoms with van der Waals surface area (Å²) >= 11 is 5.88. The van der Waals surface area contributed by atoms with Crippen LogP contribution in [0.2, 0.25) is 5.02 Å². The second kappa shape index (κ2) is 10.6. The van der Waals surface area contributed by atoms with Crippen LogP contribution >= 0.6 is 11.6 Å². The molecule has 0 saturated heterocycles. The normalized spacial score (nSPS) is 11.0. The Labute approximate surface area is 197 Å². The third-order valence-corrected chi connectivity index (χ3v) is 5.26. The van der Waals surface area contributed by atoms with E-state index in [9.17, 15) is 4.79 Å². The molecule has 0 bridgehead atoms. The molecule has 0 aliphatic rings. The number of anilines is 1. The summed E-state index contributed by atoms with van der Waals surface area (Å²) in [4.78, 5) is 12.4. The van der Waals surface area contributed by atoms with Crippen molar-refractivity contribution in [1.29, 1.82) is 0 Å². The van der Waals surface area contributed by atoms with E-state index in [0.29, 0.717) is 23.7 Å². The van der Waals surface area contributed by atoms with Gasteiger partial charge in [0.1, 0.15) is 11.4 Å². The number of nitrogens with one attached hydrogen (secondary N) is 1. The first kappa shape index (κ1) is 22.3. The highest BCUT2D eigenvalue weighted by molar-refractivity contribution is 6.30. The van der Waals surface area contributed by atoms with Gasteiger partial charge in [0, 0.05) is 16.3 Å². The van der Waals surface area contributed by atoms with Crippen molar-refractivity contribution >= 4 is 29.1 Å². The lowest BCUT2D eigenvalue weighted by Gasteiger charge is -2.05. The molecule has 1 N–H and O–H groups in total. The Kier molecular flexibility index (Phi) is 7.17. The van der Waals surface area contributed by atoms with Crippen LogP contribution < -0.4 is 10.1 Å². The molecular weight excluding hydrogens is 436 g/mol. The Morgan fingerprint density at radius 2 is 1.88 bits per heavy atom. The van der Waals surface area contributed by atoms with Gasteiger partial charge in [-0.25, -0.2) is 4.68 Å². The third-order valence-electron chi connectivity index (χ3n) is 5.01. The highest BCUT2D eigenvalue weighted by Gasteiger charge is 2.05. The van der Waals surface area contributed by atoms with Crippen LogP contribution in [-0.4, -0.2) is 27.9 Å². The van der Waals surface area contributed by atoms with Crippen LogP contribution in [-0.2, 0) is 13.1 Å². The Hall–Kier alpha value is -3.90. The largest absolute Gasteiger partial charge is 0.497 e. The fourth-order valence-electron chi connectivity index (χ4n) is 3.24. The first-order valence-corrected chi connectivity index (χ1v) is 10.8. The van der Waals surface area contributed by atoms with E-state index in [1.54, 1.807) is 48.2 Å². The minimum absolute atomic E-state index is 0.0583. The molecule has 3 aromatic carbocycles. The van der Waals surface area contributed by atoms with E-state index in [-0.39, 0.29) is 5.78 Å². The molecule has 4 aromatic rings. The summed E-state index contributed by atoms with van der Waals surface area (Å²) in [6.07, 6.45) is 5.25. The maximum Gasteiger partial charge on any atom is 0.185 e. The van der Waals surface area contributed by atoms with Crippen LogP contribution in [0, 0.1) is 0 Å². The number of aromatic nitrogens is 3. The summed E-state index contributed by atoms with van der Waals surface area (Å²) < 4.78 is 7.05. The van der Waals surface area contributed by atoms with Crippen molar-refractivity contribution in [3.63, 3.8) is 0 Å². The summed E-state index contributed by atoms with van der Waals surface area (Å²) in [5.41, 5.74) is 4.35. The van der Waals surface area contributed by atoms with Gasteiger partial charge in [-0.05, 0) is 65.7 Å². The van der Waals surface area contributed by atoms with Crippen LogP contribution in [0.3, 0.4) is 0 Å². The average Bonchev–Trinajstić information content (AvgIpc) is 3.30. The number of halogens is 1. The molecule has 166 valence electrons. The number of hydrogen-bond acceptors (Lipinski definition) is 5. The number of nitrogens with zero attached hydrogens (tertiary/aromatic N) is 3. The van der Waals surface area contributed by atoms with Crippen LogP contribution in [0.25, 0.3) is 6.08 Å². The number of hydrogen-bond donors (Lipinski definition) is 1. The first-order chi connectivity index (χ1) is 16.1. The van der Waals surface area contributed by atoms with Gasteiger partial charge in [-0.2, -0.15) is 0 Å². The summed E-state index contributed by atoms with van der Waals surface area (Å²) in [5.74, 6) is 0.758. The molecule has 0 aliphatic carbocycles. The SMILES string of the molecule is COc1cccc(Cn2cc(CNc3ccc(C(=O)/C=C/c4ccc(Cl)cc4)cc3)nn2)c1.